The molecule has 1 aliphatic rings. The third-order valence-electron chi connectivity index (χ3n) is 5.43. The zero-order valence-electron chi connectivity index (χ0n) is 17.2. The summed E-state index contributed by atoms with van der Waals surface area (Å²) in [7, 11) is -4.36. The number of hydrogen-bond donors (Lipinski definition) is 2. The number of hydrogen-bond acceptors (Lipinski definition) is 7. The molecule has 2 heterocycles. The lowest BCUT2D eigenvalue weighted by atomic mass is 9.81. The van der Waals surface area contributed by atoms with Crippen molar-refractivity contribution in [3.05, 3.63) is 65.5 Å². The lowest BCUT2D eigenvalue weighted by Crippen LogP contribution is -2.38. The van der Waals surface area contributed by atoms with Crippen molar-refractivity contribution < 1.29 is 21.9 Å². The zero-order valence-corrected chi connectivity index (χ0v) is 18.8. The summed E-state index contributed by atoms with van der Waals surface area (Å²) in [6, 6.07) is 9.66. The van der Waals surface area contributed by atoms with Gasteiger partial charge >= 0.3 is 0 Å². The molecule has 0 spiro atoms. The Labute approximate surface area is 189 Å². The molecule has 7 nitrogen and oxygen atoms in total. The van der Waals surface area contributed by atoms with Gasteiger partial charge in [-0.25, -0.2) is 22.2 Å². The van der Waals surface area contributed by atoms with E-state index in [1.54, 1.807) is 0 Å². The van der Waals surface area contributed by atoms with Crippen molar-refractivity contribution in [3.63, 3.8) is 0 Å². The molecule has 0 radical (unpaired) electrons. The predicted octanol–water partition coefficient (Wildman–Crippen LogP) is 3.70. The monoisotopic (exact) mass is 480 g/mol. The van der Waals surface area contributed by atoms with Crippen LogP contribution in [-0.2, 0) is 10.0 Å². The molecular weight excluding hydrogens is 458 g/mol. The smallest absolute Gasteiger partial charge is 0.266 e. The largest absolute Gasteiger partial charge is 0.490 e. The molecule has 3 aromatic rings. The number of aromatic nitrogens is 2. The van der Waals surface area contributed by atoms with Gasteiger partial charge in [-0.15, -0.1) is 0 Å². The second-order valence-electron chi connectivity index (χ2n) is 7.65. The normalized spacial score (nSPS) is 19.0. The van der Waals surface area contributed by atoms with Gasteiger partial charge in [-0.3, -0.25) is 4.72 Å². The molecular formula is C21H22F2N4O3S2. The van der Waals surface area contributed by atoms with Crippen LogP contribution in [0.25, 0.3) is 0 Å². The summed E-state index contributed by atoms with van der Waals surface area (Å²) >= 11 is 0.782. The van der Waals surface area contributed by atoms with Crippen LogP contribution in [0.5, 0.6) is 5.75 Å². The summed E-state index contributed by atoms with van der Waals surface area (Å²) < 4.78 is 65.3. The molecule has 1 aromatic heterocycles. The molecule has 32 heavy (non-hydrogen) atoms. The fourth-order valence-corrected chi connectivity index (χ4v) is 5.50. The summed E-state index contributed by atoms with van der Waals surface area (Å²) in [5.74, 6) is -2.13. The Morgan fingerprint density at radius 2 is 2.00 bits per heavy atom. The number of anilines is 1. The van der Waals surface area contributed by atoms with E-state index in [0.29, 0.717) is 12.6 Å². The van der Waals surface area contributed by atoms with Crippen LogP contribution in [0.2, 0.25) is 0 Å². The number of nitrogens with zero attached hydrogens (tertiary/aromatic N) is 2. The SMILES string of the molecule is Cc1ccc([C@@H]2CCNC[C@H]2COc2cc(F)c(S(=O)(=O)Nc3ncns3)cc2F)cc1. The number of halogens is 2. The third kappa shape index (κ3) is 5.05. The van der Waals surface area contributed by atoms with Gasteiger partial charge in [0.05, 0.1) is 6.61 Å². The second kappa shape index (κ2) is 9.47. The number of rotatable bonds is 7. The first-order valence-corrected chi connectivity index (χ1v) is 12.3. The maximum Gasteiger partial charge on any atom is 0.266 e. The van der Waals surface area contributed by atoms with E-state index in [-0.39, 0.29) is 29.3 Å². The van der Waals surface area contributed by atoms with E-state index in [1.165, 1.54) is 11.1 Å². The first-order chi connectivity index (χ1) is 15.3. The molecule has 0 bridgehead atoms. The molecule has 2 atom stereocenters. The fraction of sp³-hybridized carbons (Fsp3) is 0.333. The highest BCUT2D eigenvalue weighted by atomic mass is 32.2. The Balaban J connectivity index is 1.49. The van der Waals surface area contributed by atoms with Gasteiger partial charge in [0.2, 0.25) is 5.13 Å². The number of ether oxygens (including phenoxy) is 1. The van der Waals surface area contributed by atoms with E-state index in [2.05, 4.69) is 43.7 Å². The van der Waals surface area contributed by atoms with E-state index in [1.807, 2.05) is 6.92 Å². The summed E-state index contributed by atoms with van der Waals surface area (Å²) in [5.41, 5.74) is 2.35. The minimum Gasteiger partial charge on any atom is -0.490 e. The van der Waals surface area contributed by atoms with Crippen molar-refractivity contribution in [2.45, 2.75) is 24.2 Å². The quantitative estimate of drug-likeness (QED) is 0.536. The average molecular weight is 481 g/mol. The Morgan fingerprint density at radius 1 is 1.22 bits per heavy atom. The van der Waals surface area contributed by atoms with E-state index >= 15 is 0 Å². The van der Waals surface area contributed by atoms with Crippen LogP contribution < -0.4 is 14.8 Å². The van der Waals surface area contributed by atoms with Crippen molar-refractivity contribution in [1.29, 1.82) is 0 Å². The maximum atomic E-state index is 14.6. The molecule has 2 aromatic carbocycles. The van der Waals surface area contributed by atoms with E-state index in [4.69, 9.17) is 4.74 Å². The topological polar surface area (TPSA) is 93.2 Å². The van der Waals surface area contributed by atoms with Gasteiger partial charge in [-0.1, -0.05) is 29.8 Å². The van der Waals surface area contributed by atoms with Crippen molar-refractivity contribution in [3.8, 4) is 5.75 Å². The molecule has 4 rings (SSSR count). The van der Waals surface area contributed by atoms with Crippen LogP contribution >= 0.6 is 11.5 Å². The Morgan fingerprint density at radius 3 is 2.72 bits per heavy atom. The predicted molar refractivity (Wildman–Crippen MR) is 117 cm³/mol. The molecule has 2 N–H and O–H groups in total. The van der Waals surface area contributed by atoms with Gasteiger partial charge in [-0.05, 0) is 31.4 Å². The fourth-order valence-electron chi connectivity index (χ4n) is 3.76. The molecule has 1 fully saturated rings. The van der Waals surface area contributed by atoms with Crippen LogP contribution in [0, 0.1) is 24.5 Å². The van der Waals surface area contributed by atoms with Crippen molar-refractivity contribution in [2.75, 3.05) is 24.4 Å². The van der Waals surface area contributed by atoms with Gasteiger partial charge in [0.25, 0.3) is 10.0 Å². The summed E-state index contributed by atoms with van der Waals surface area (Å²) in [5, 5.41) is 3.27. The van der Waals surface area contributed by atoms with Crippen molar-refractivity contribution in [1.82, 2.24) is 14.7 Å². The number of aryl methyl sites for hydroxylation is 1. The number of benzene rings is 2. The van der Waals surface area contributed by atoms with E-state index in [9.17, 15) is 17.2 Å². The van der Waals surface area contributed by atoms with Gasteiger partial charge in [-0.2, -0.15) is 4.37 Å². The number of piperidine rings is 1. The van der Waals surface area contributed by atoms with Gasteiger partial charge in [0, 0.05) is 36.1 Å². The zero-order chi connectivity index (χ0) is 22.7. The molecule has 0 unspecified atom stereocenters. The van der Waals surface area contributed by atoms with Crippen LogP contribution in [0.15, 0.2) is 47.6 Å². The highest BCUT2D eigenvalue weighted by Gasteiger charge is 2.28. The highest BCUT2D eigenvalue weighted by molar-refractivity contribution is 7.93. The van der Waals surface area contributed by atoms with Crippen LogP contribution in [0.4, 0.5) is 13.9 Å². The van der Waals surface area contributed by atoms with Gasteiger partial charge < -0.3 is 10.1 Å². The number of sulfonamides is 1. The van der Waals surface area contributed by atoms with Crippen LogP contribution in [-0.4, -0.2) is 37.5 Å². The first kappa shape index (κ1) is 22.6. The standard InChI is InChI=1S/C21H22F2N4O3S2/c1-13-2-4-14(5-3-13)16-6-7-24-10-15(16)11-30-19-8-18(23)20(9-17(19)22)32(28,29)27-21-25-12-26-31-21/h2-5,8-9,12,15-16,24H,6-7,10-11H2,1H3,(H,25,26,27)/t15-,16-/m0/s1. The molecule has 11 heteroatoms. The van der Waals surface area contributed by atoms with Gasteiger partial charge in [0.1, 0.15) is 17.0 Å². The summed E-state index contributed by atoms with van der Waals surface area (Å²) in [6.07, 6.45) is 2.06. The van der Waals surface area contributed by atoms with Gasteiger partial charge in [0.15, 0.2) is 11.6 Å². The molecule has 170 valence electrons. The van der Waals surface area contributed by atoms with Crippen molar-refractivity contribution in [2.24, 2.45) is 5.92 Å². The first-order valence-electron chi connectivity index (χ1n) is 10.0. The summed E-state index contributed by atoms with van der Waals surface area (Å²) in [4.78, 5) is 2.86. The van der Waals surface area contributed by atoms with Crippen LogP contribution in [0.3, 0.4) is 0 Å². The van der Waals surface area contributed by atoms with Crippen molar-refractivity contribution >= 4 is 26.7 Å². The molecule has 1 aliphatic heterocycles. The summed E-state index contributed by atoms with van der Waals surface area (Å²) in [6.45, 7) is 3.74. The average Bonchev–Trinajstić information content (AvgIpc) is 3.27. The Hall–Kier alpha value is -2.63. The Kier molecular flexibility index (Phi) is 6.68. The maximum absolute atomic E-state index is 14.6. The lowest BCUT2D eigenvalue weighted by molar-refractivity contribution is 0.190. The lowest BCUT2D eigenvalue weighted by Gasteiger charge is -2.32. The van der Waals surface area contributed by atoms with E-state index in [0.717, 1.165) is 36.9 Å². The number of nitrogens with one attached hydrogen (secondary N) is 2. The van der Waals surface area contributed by atoms with Crippen LogP contribution in [0.1, 0.15) is 23.5 Å². The second-order valence-corrected chi connectivity index (χ2v) is 10.1. The molecule has 0 amide bonds. The minimum atomic E-state index is -4.36. The molecule has 1 saturated heterocycles. The van der Waals surface area contributed by atoms with E-state index < -0.39 is 26.6 Å². The highest BCUT2D eigenvalue weighted by Crippen LogP contribution is 2.32. The Bertz CT molecular complexity index is 1170. The molecule has 0 saturated carbocycles. The third-order valence-corrected chi connectivity index (χ3v) is 7.49. The minimum absolute atomic E-state index is 0.0444. The molecule has 0 aliphatic carbocycles.